The molecule has 0 saturated heterocycles. The molecule has 0 radical (unpaired) electrons. The number of nitrogens with zero attached hydrogens (tertiary/aromatic N) is 3. The lowest BCUT2D eigenvalue weighted by atomic mass is 9.90. The number of non-ortho nitro benzene ring substituents is 1. The van der Waals surface area contributed by atoms with Crippen molar-refractivity contribution in [2.24, 2.45) is 11.0 Å². The molecule has 0 heterocycles. The molecule has 1 amide bonds. The second-order valence-corrected chi connectivity index (χ2v) is 5.72. The molecule has 0 aromatic heterocycles. The van der Waals surface area contributed by atoms with Gasteiger partial charge < -0.3 is 0 Å². The monoisotopic (exact) mass is 334 g/mol. The Kier molecular flexibility index (Phi) is 5.94. The van der Waals surface area contributed by atoms with Crippen molar-refractivity contribution in [2.45, 2.75) is 38.5 Å². The van der Waals surface area contributed by atoms with E-state index in [1.165, 1.54) is 12.5 Å². The van der Waals surface area contributed by atoms with Gasteiger partial charge in [-0.2, -0.15) is 5.10 Å². The molecular weight excluding hydrogens is 316 g/mol. The van der Waals surface area contributed by atoms with Crippen LogP contribution in [-0.4, -0.2) is 22.0 Å². The van der Waals surface area contributed by atoms with E-state index in [0.29, 0.717) is 5.92 Å². The minimum absolute atomic E-state index is 0.107. The molecule has 128 valence electrons. The highest BCUT2D eigenvalue weighted by molar-refractivity contribution is 5.80. The topological polar surface area (TPSA) is 128 Å². The standard InChI is InChI=1S/C15H18N4O5/c20-15(17-16-10-11-4-2-1-3-5-11)8-12-6-7-13(18(21)22)9-14(12)19(23)24/h6-7,9-11H,1-5,8H2,(H,17,20). The molecule has 0 aliphatic heterocycles. The summed E-state index contributed by atoms with van der Waals surface area (Å²) >= 11 is 0. The SMILES string of the molecule is O=C(Cc1ccc([N+](=O)[O-])cc1[N+](=O)[O-])NN=CC1CCCCC1. The van der Waals surface area contributed by atoms with Crippen LogP contribution in [0.15, 0.2) is 23.3 Å². The van der Waals surface area contributed by atoms with Crippen LogP contribution in [0.4, 0.5) is 11.4 Å². The molecule has 24 heavy (non-hydrogen) atoms. The van der Waals surface area contributed by atoms with E-state index in [9.17, 15) is 25.0 Å². The van der Waals surface area contributed by atoms with Crippen LogP contribution >= 0.6 is 0 Å². The quantitative estimate of drug-likeness (QED) is 0.486. The van der Waals surface area contributed by atoms with E-state index < -0.39 is 21.4 Å². The molecule has 1 aliphatic carbocycles. The molecule has 0 bridgehead atoms. The average Bonchev–Trinajstić information content (AvgIpc) is 2.55. The van der Waals surface area contributed by atoms with Crippen LogP contribution in [0.2, 0.25) is 0 Å². The maximum atomic E-state index is 11.9. The molecule has 1 aromatic rings. The Morgan fingerprint density at radius 2 is 1.92 bits per heavy atom. The summed E-state index contributed by atoms with van der Waals surface area (Å²) in [4.78, 5) is 32.1. The van der Waals surface area contributed by atoms with Crippen molar-refractivity contribution < 1.29 is 14.6 Å². The number of carbonyl (C=O) groups is 1. The van der Waals surface area contributed by atoms with Crippen LogP contribution in [0, 0.1) is 26.1 Å². The summed E-state index contributed by atoms with van der Waals surface area (Å²) in [5.74, 6) is -0.147. The summed E-state index contributed by atoms with van der Waals surface area (Å²) in [6.45, 7) is 0. The Morgan fingerprint density at radius 1 is 1.21 bits per heavy atom. The molecule has 0 unspecified atom stereocenters. The number of rotatable bonds is 6. The molecule has 0 spiro atoms. The smallest absolute Gasteiger partial charge is 0.273 e. The van der Waals surface area contributed by atoms with Crippen LogP contribution in [0.25, 0.3) is 0 Å². The van der Waals surface area contributed by atoms with Crippen LogP contribution < -0.4 is 5.43 Å². The van der Waals surface area contributed by atoms with Crippen LogP contribution in [0.5, 0.6) is 0 Å². The zero-order valence-corrected chi connectivity index (χ0v) is 13.0. The summed E-state index contributed by atoms with van der Waals surface area (Å²) in [5, 5.41) is 25.6. The van der Waals surface area contributed by atoms with Gasteiger partial charge in [0.05, 0.1) is 22.3 Å². The Hall–Kier alpha value is -2.84. The van der Waals surface area contributed by atoms with Gasteiger partial charge in [-0.3, -0.25) is 25.0 Å². The fourth-order valence-corrected chi connectivity index (χ4v) is 2.70. The highest BCUT2D eigenvalue weighted by Crippen LogP contribution is 2.25. The van der Waals surface area contributed by atoms with Crippen molar-refractivity contribution >= 4 is 23.5 Å². The Bertz CT molecular complexity index is 668. The summed E-state index contributed by atoms with van der Waals surface area (Å²) in [6.07, 6.45) is 7.07. The van der Waals surface area contributed by atoms with E-state index in [-0.39, 0.29) is 17.7 Å². The summed E-state index contributed by atoms with van der Waals surface area (Å²) in [6, 6.07) is 3.22. The maximum Gasteiger partial charge on any atom is 0.279 e. The number of nitro groups is 2. The van der Waals surface area contributed by atoms with Gasteiger partial charge in [0, 0.05) is 17.8 Å². The first-order valence-electron chi connectivity index (χ1n) is 7.71. The number of nitro benzene ring substituents is 2. The number of hydrazone groups is 1. The molecule has 1 saturated carbocycles. The minimum atomic E-state index is -0.735. The van der Waals surface area contributed by atoms with Gasteiger partial charge in [0.25, 0.3) is 11.4 Å². The first-order valence-corrected chi connectivity index (χ1v) is 7.71. The lowest BCUT2D eigenvalue weighted by molar-refractivity contribution is -0.394. The fourth-order valence-electron chi connectivity index (χ4n) is 2.70. The van der Waals surface area contributed by atoms with Crippen molar-refractivity contribution in [3.8, 4) is 0 Å². The van der Waals surface area contributed by atoms with Crippen LogP contribution in [0.1, 0.15) is 37.7 Å². The van der Waals surface area contributed by atoms with E-state index >= 15 is 0 Å². The highest BCUT2D eigenvalue weighted by Gasteiger charge is 2.21. The molecule has 1 aromatic carbocycles. The van der Waals surface area contributed by atoms with Gasteiger partial charge in [0.15, 0.2) is 0 Å². The van der Waals surface area contributed by atoms with E-state index in [2.05, 4.69) is 10.5 Å². The van der Waals surface area contributed by atoms with E-state index in [4.69, 9.17) is 0 Å². The number of benzene rings is 1. The Balaban J connectivity index is 1.98. The summed E-state index contributed by atoms with van der Waals surface area (Å²) in [5.41, 5.74) is 1.63. The first-order chi connectivity index (χ1) is 11.5. The molecule has 1 N–H and O–H groups in total. The molecule has 1 aliphatic rings. The lowest BCUT2D eigenvalue weighted by Gasteiger charge is -2.16. The second kappa shape index (κ2) is 8.14. The number of hydrogen-bond acceptors (Lipinski definition) is 6. The molecule has 9 nitrogen and oxygen atoms in total. The number of hydrogen-bond donors (Lipinski definition) is 1. The third-order valence-electron chi connectivity index (χ3n) is 3.95. The number of nitrogens with one attached hydrogen (secondary N) is 1. The van der Waals surface area contributed by atoms with Crippen LogP contribution in [0.3, 0.4) is 0 Å². The molecular formula is C15H18N4O5. The molecule has 1 fully saturated rings. The Morgan fingerprint density at radius 3 is 2.54 bits per heavy atom. The van der Waals surface area contributed by atoms with Crippen molar-refractivity contribution in [1.29, 1.82) is 0 Å². The molecule has 9 heteroatoms. The van der Waals surface area contributed by atoms with Gasteiger partial charge >= 0.3 is 0 Å². The van der Waals surface area contributed by atoms with Crippen LogP contribution in [-0.2, 0) is 11.2 Å². The van der Waals surface area contributed by atoms with Gasteiger partial charge in [-0.05, 0) is 24.8 Å². The minimum Gasteiger partial charge on any atom is -0.273 e. The van der Waals surface area contributed by atoms with Gasteiger partial charge in [-0.25, -0.2) is 5.43 Å². The van der Waals surface area contributed by atoms with Crippen molar-refractivity contribution in [1.82, 2.24) is 5.43 Å². The van der Waals surface area contributed by atoms with Gasteiger partial charge in [-0.1, -0.05) is 19.3 Å². The number of carbonyl (C=O) groups excluding carboxylic acids is 1. The normalized spacial score (nSPS) is 15.3. The molecule has 2 rings (SSSR count). The zero-order valence-electron chi connectivity index (χ0n) is 13.0. The van der Waals surface area contributed by atoms with Crippen molar-refractivity contribution in [3.63, 3.8) is 0 Å². The first kappa shape index (κ1) is 17.5. The lowest BCUT2D eigenvalue weighted by Crippen LogP contribution is -2.21. The fraction of sp³-hybridized carbons (Fsp3) is 0.467. The third kappa shape index (κ3) is 4.83. The van der Waals surface area contributed by atoms with Gasteiger partial charge in [-0.15, -0.1) is 0 Å². The predicted octanol–water partition coefficient (Wildman–Crippen LogP) is 2.73. The van der Waals surface area contributed by atoms with E-state index in [1.807, 2.05) is 0 Å². The van der Waals surface area contributed by atoms with Crippen molar-refractivity contribution in [3.05, 3.63) is 44.0 Å². The van der Waals surface area contributed by atoms with E-state index in [0.717, 1.165) is 37.8 Å². The summed E-state index contributed by atoms with van der Waals surface area (Å²) < 4.78 is 0. The second-order valence-electron chi connectivity index (χ2n) is 5.72. The number of amides is 1. The van der Waals surface area contributed by atoms with Gasteiger partial charge in [0.2, 0.25) is 5.91 Å². The third-order valence-corrected chi connectivity index (χ3v) is 3.95. The largest absolute Gasteiger partial charge is 0.279 e. The van der Waals surface area contributed by atoms with Crippen molar-refractivity contribution in [2.75, 3.05) is 0 Å². The van der Waals surface area contributed by atoms with Gasteiger partial charge in [0.1, 0.15) is 0 Å². The summed E-state index contributed by atoms with van der Waals surface area (Å²) in [7, 11) is 0. The zero-order chi connectivity index (χ0) is 17.5. The maximum absolute atomic E-state index is 11.9. The highest BCUT2D eigenvalue weighted by atomic mass is 16.6. The Labute approximate surface area is 138 Å². The molecule has 0 atom stereocenters. The predicted molar refractivity (Wildman–Crippen MR) is 86.7 cm³/mol. The van der Waals surface area contributed by atoms with E-state index in [1.54, 1.807) is 6.21 Å². The average molecular weight is 334 g/mol.